The molecule has 1 aromatic rings. The van der Waals surface area contributed by atoms with Crippen molar-refractivity contribution in [3.05, 3.63) is 29.8 Å². The molecule has 0 unspecified atom stereocenters. The molecule has 1 rings (SSSR count). The fourth-order valence-electron chi connectivity index (χ4n) is 1.46. The van der Waals surface area contributed by atoms with Crippen LogP contribution in [0.5, 0.6) is 5.75 Å². The Morgan fingerprint density at radius 3 is 2.78 bits per heavy atom. The zero-order valence-corrected chi connectivity index (χ0v) is 11.2. The van der Waals surface area contributed by atoms with Crippen molar-refractivity contribution in [2.45, 2.75) is 19.8 Å². The quantitative estimate of drug-likeness (QED) is 0.709. The summed E-state index contributed by atoms with van der Waals surface area (Å²) < 4.78 is 28.5. The van der Waals surface area contributed by atoms with E-state index in [-0.39, 0.29) is 24.5 Å². The van der Waals surface area contributed by atoms with E-state index in [2.05, 4.69) is 0 Å². The molecule has 0 aliphatic carbocycles. The van der Waals surface area contributed by atoms with Crippen LogP contribution in [0, 0.1) is 18.3 Å². The number of benzene rings is 1. The highest BCUT2D eigenvalue weighted by molar-refractivity contribution is 7.91. The van der Waals surface area contributed by atoms with Crippen LogP contribution < -0.4 is 4.74 Å². The molecule has 0 atom stereocenters. The number of unbranched alkanes of at least 4 members (excludes halogenated alkanes) is 1. The molecule has 1 aromatic carbocycles. The lowest BCUT2D eigenvalue weighted by Gasteiger charge is -2.07. The number of nitrogens with zero attached hydrogens (tertiary/aromatic N) is 1. The van der Waals surface area contributed by atoms with Gasteiger partial charge in [0.05, 0.1) is 17.6 Å². The third kappa shape index (κ3) is 5.69. The number of hydrogen-bond donors (Lipinski definition) is 0. The Hall–Kier alpha value is -1.54. The van der Waals surface area contributed by atoms with Crippen molar-refractivity contribution in [3.63, 3.8) is 0 Å². The van der Waals surface area contributed by atoms with Crippen molar-refractivity contribution in [2.24, 2.45) is 0 Å². The van der Waals surface area contributed by atoms with Crippen LogP contribution in [0.4, 0.5) is 0 Å². The second kappa shape index (κ2) is 7.02. The molecular formula is C13H17NO3S. The Labute approximate surface area is 108 Å². The van der Waals surface area contributed by atoms with Gasteiger partial charge in [0, 0.05) is 6.42 Å². The van der Waals surface area contributed by atoms with E-state index < -0.39 is 9.84 Å². The van der Waals surface area contributed by atoms with Gasteiger partial charge in [-0.25, -0.2) is 8.42 Å². The molecule has 0 amide bonds. The zero-order valence-electron chi connectivity index (χ0n) is 10.4. The average molecular weight is 267 g/mol. The first-order valence-corrected chi connectivity index (χ1v) is 7.62. The number of nitriles is 1. The van der Waals surface area contributed by atoms with Crippen LogP contribution in [0.2, 0.25) is 0 Å². The highest BCUT2D eigenvalue weighted by Crippen LogP contribution is 2.12. The topological polar surface area (TPSA) is 67.2 Å². The van der Waals surface area contributed by atoms with E-state index in [1.54, 1.807) is 6.07 Å². The molecule has 18 heavy (non-hydrogen) atoms. The molecule has 5 heteroatoms. The molecule has 0 fully saturated rings. The second-order valence-corrected chi connectivity index (χ2v) is 6.38. The summed E-state index contributed by atoms with van der Waals surface area (Å²) in [5, 5.41) is 8.34. The van der Waals surface area contributed by atoms with Gasteiger partial charge in [0.2, 0.25) is 0 Å². The van der Waals surface area contributed by atoms with Gasteiger partial charge in [-0.1, -0.05) is 12.1 Å². The molecule has 0 spiro atoms. The summed E-state index contributed by atoms with van der Waals surface area (Å²) in [6, 6.07) is 9.41. The summed E-state index contributed by atoms with van der Waals surface area (Å²) in [6.45, 7) is 2.10. The summed E-state index contributed by atoms with van der Waals surface area (Å²) in [5.41, 5.74) is 1.07. The van der Waals surface area contributed by atoms with Crippen molar-refractivity contribution in [1.82, 2.24) is 0 Å². The lowest BCUT2D eigenvalue weighted by Crippen LogP contribution is -2.17. The van der Waals surface area contributed by atoms with E-state index in [9.17, 15) is 8.42 Å². The molecule has 0 saturated carbocycles. The number of aryl methyl sites for hydroxylation is 1. The third-order valence-corrected chi connectivity index (χ3v) is 4.10. The number of sulfone groups is 1. The van der Waals surface area contributed by atoms with Crippen LogP contribution in [0.15, 0.2) is 24.3 Å². The second-order valence-electron chi connectivity index (χ2n) is 4.08. The summed E-state index contributed by atoms with van der Waals surface area (Å²) >= 11 is 0. The standard InChI is InChI=1S/C13H17NO3S/c1-12-5-4-6-13(11-12)17-8-10-18(15,16)9-3-2-7-14/h4-6,11H,2-3,8-10H2,1H3. The average Bonchev–Trinajstić information content (AvgIpc) is 2.29. The van der Waals surface area contributed by atoms with Crippen molar-refractivity contribution in [2.75, 3.05) is 18.1 Å². The molecule has 0 aromatic heterocycles. The van der Waals surface area contributed by atoms with Crippen LogP contribution in [-0.2, 0) is 9.84 Å². The summed E-state index contributed by atoms with van der Waals surface area (Å²) in [6.07, 6.45) is 0.668. The lowest BCUT2D eigenvalue weighted by atomic mass is 10.2. The van der Waals surface area contributed by atoms with Crippen LogP contribution >= 0.6 is 0 Å². The van der Waals surface area contributed by atoms with E-state index in [0.29, 0.717) is 12.2 Å². The highest BCUT2D eigenvalue weighted by Gasteiger charge is 2.10. The first-order chi connectivity index (χ1) is 8.53. The van der Waals surface area contributed by atoms with E-state index >= 15 is 0 Å². The summed E-state index contributed by atoms with van der Waals surface area (Å²) in [7, 11) is -3.11. The minimum atomic E-state index is -3.11. The molecule has 0 saturated heterocycles. The minimum absolute atomic E-state index is 0.00757. The summed E-state index contributed by atoms with van der Waals surface area (Å²) in [4.78, 5) is 0. The van der Waals surface area contributed by atoms with Gasteiger partial charge in [-0.2, -0.15) is 5.26 Å². The number of rotatable bonds is 7. The molecule has 0 aliphatic rings. The first kappa shape index (κ1) is 14.5. The van der Waals surface area contributed by atoms with Crippen molar-refractivity contribution in [3.8, 4) is 11.8 Å². The van der Waals surface area contributed by atoms with E-state index in [0.717, 1.165) is 5.56 Å². The highest BCUT2D eigenvalue weighted by atomic mass is 32.2. The van der Waals surface area contributed by atoms with Gasteiger partial charge >= 0.3 is 0 Å². The molecule has 98 valence electrons. The zero-order chi connectivity index (χ0) is 13.4. The predicted octanol–water partition coefficient (Wildman–Crippen LogP) is 2.09. The molecular weight excluding hydrogens is 250 g/mol. The Kier molecular flexibility index (Phi) is 5.66. The first-order valence-electron chi connectivity index (χ1n) is 5.80. The molecule has 0 aliphatic heterocycles. The fraction of sp³-hybridized carbons (Fsp3) is 0.462. The van der Waals surface area contributed by atoms with Crippen LogP contribution in [0.25, 0.3) is 0 Å². The van der Waals surface area contributed by atoms with Crippen molar-refractivity contribution in [1.29, 1.82) is 5.26 Å². The van der Waals surface area contributed by atoms with Gasteiger partial charge in [-0.15, -0.1) is 0 Å². The fourth-order valence-corrected chi connectivity index (χ4v) is 2.59. The lowest BCUT2D eigenvalue weighted by molar-refractivity contribution is 0.340. The number of hydrogen-bond acceptors (Lipinski definition) is 4. The monoisotopic (exact) mass is 267 g/mol. The van der Waals surface area contributed by atoms with E-state index in [4.69, 9.17) is 10.00 Å². The van der Waals surface area contributed by atoms with E-state index in [1.165, 1.54) is 0 Å². The van der Waals surface area contributed by atoms with Gasteiger partial charge in [0.15, 0.2) is 9.84 Å². The van der Waals surface area contributed by atoms with Gasteiger partial charge in [-0.05, 0) is 31.0 Å². The molecule has 0 bridgehead atoms. The van der Waals surface area contributed by atoms with Crippen LogP contribution in [0.1, 0.15) is 18.4 Å². The predicted molar refractivity (Wildman–Crippen MR) is 70.2 cm³/mol. The number of ether oxygens (including phenoxy) is 1. The van der Waals surface area contributed by atoms with Crippen LogP contribution in [0.3, 0.4) is 0 Å². The molecule has 0 heterocycles. The third-order valence-electron chi connectivity index (χ3n) is 2.40. The SMILES string of the molecule is Cc1cccc(OCCS(=O)(=O)CCCC#N)c1. The maximum atomic E-state index is 11.6. The Morgan fingerprint density at radius 1 is 1.33 bits per heavy atom. The minimum Gasteiger partial charge on any atom is -0.493 e. The Balaban J connectivity index is 2.35. The smallest absolute Gasteiger partial charge is 0.153 e. The van der Waals surface area contributed by atoms with Gasteiger partial charge in [0.25, 0.3) is 0 Å². The van der Waals surface area contributed by atoms with Gasteiger partial charge in [-0.3, -0.25) is 0 Å². The maximum Gasteiger partial charge on any atom is 0.153 e. The van der Waals surface area contributed by atoms with Gasteiger partial charge < -0.3 is 4.74 Å². The maximum absolute atomic E-state index is 11.6. The Bertz CT molecular complexity index is 517. The molecule has 0 N–H and O–H groups in total. The molecule has 4 nitrogen and oxygen atoms in total. The van der Waals surface area contributed by atoms with Crippen molar-refractivity contribution >= 4 is 9.84 Å². The largest absolute Gasteiger partial charge is 0.493 e. The molecule has 0 radical (unpaired) electrons. The van der Waals surface area contributed by atoms with E-state index in [1.807, 2.05) is 31.2 Å². The van der Waals surface area contributed by atoms with Crippen molar-refractivity contribution < 1.29 is 13.2 Å². The Morgan fingerprint density at radius 2 is 2.11 bits per heavy atom. The van der Waals surface area contributed by atoms with Crippen LogP contribution in [-0.4, -0.2) is 26.5 Å². The normalized spacial score (nSPS) is 10.9. The van der Waals surface area contributed by atoms with Gasteiger partial charge in [0.1, 0.15) is 12.4 Å². The summed E-state index contributed by atoms with van der Waals surface area (Å²) in [5.74, 6) is 0.728.